The molecule has 4 rings (SSSR count). The molecule has 2 nitrogen and oxygen atoms in total. The van der Waals surface area contributed by atoms with Crippen LogP contribution in [0.1, 0.15) is 95.6 Å². The number of unbranched alkanes of at least 4 members (excludes halogenated alkanes) is 2. The van der Waals surface area contributed by atoms with E-state index in [2.05, 4.69) is 39.0 Å². The molecule has 28 heavy (non-hydrogen) atoms. The van der Waals surface area contributed by atoms with Gasteiger partial charge in [0, 0.05) is 0 Å². The number of aryl methyl sites for hydroxylation is 1. The molecular weight excluding hydrogens is 344 g/mol. The fourth-order valence-electron chi connectivity index (χ4n) is 7.12. The van der Waals surface area contributed by atoms with Crippen molar-refractivity contribution in [2.24, 2.45) is 23.2 Å². The van der Waals surface area contributed by atoms with Crippen molar-refractivity contribution in [1.29, 1.82) is 0 Å². The van der Waals surface area contributed by atoms with Gasteiger partial charge in [-0.05, 0) is 104 Å². The highest BCUT2D eigenvalue weighted by Crippen LogP contribution is 2.63. The third-order valence-electron chi connectivity index (χ3n) is 8.17. The fourth-order valence-corrected chi connectivity index (χ4v) is 7.12. The van der Waals surface area contributed by atoms with Crippen LogP contribution in [0.3, 0.4) is 0 Å². The van der Waals surface area contributed by atoms with Crippen LogP contribution in [0.15, 0.2) is 18.2 Å². The summed E-state index contributed by atoms with van der Waals surface area (Å²) in [5.74, 6) is 3.94. The Hall–Kier alpha value is -1.02. The monoisotopic (exact) mass is 384 g/mol. The maximum atomic E-state index is 10.9. The van der Waals surface area contributed by atoms with Gasteiger partial charge in [-0.2, -0.15) is 0 Å². The van der Waals surface area contributed by atoms with E-state index in [9.17, 15) is 5.11 Å². The Kier molecular flexibility index (Phi) is 6.06. The molecule has 0 bridgehead atoms. The highest BCUT2D eigenvalue weighted by atomic mass is 16.5. The minimum Gasteiger partial charge on any atom is -0.494 e. The van der Waals surface area contributed by atoms with Gasteiger partial charge in [-0.1, -0.05) is 39.7 Å². The van der Waals surface area contributed by atoms with E-state index in [0.29, 0.717) is 11.8 Å². The van der Waals surface area contributed by atoms with Crippen LogP contribution in [-0.4, -0.2) is 17.8 Å². The molecule has 0 saturated heterocycles. The second-order valence-electron chi connectivity index (χ2n) is 10.3. The zero-order chi connectivity index (χ0) is 19.7. The van der Waals surface area contributed by atoms with Gasteiger partial charge >= 0.3 is 0 Å². The maximum Gasteiger partial charge on any atom is 0.119 e. The second-order valence-corrected chi connectivity index (χ2v) is 10.3. The Bertz CT molecular complexity index is 666. The van der Waals surface area contributed by atoms with E-state index in [1.54, 1.807) is 5.56 Å². The smallest absolute Gasteiger partial charge is 0.119 e. The molecule has 3 aliphatic carbocycles. The second kappa shape index (κ2) is 8.38. The van der Waals surface area contributed by atoms with Crippen LogP contribution in [-0.2, 0) is 6.42 Å². The van der Waals surface area contributed by atoms with Gasteiger partial charge in [0.1, 0.15) is 5.75 Å². The third kappa shape index (κ3) is 3.62. The van der Waals surface area contributed by atoms with Gasteiger partial charge in [0.05, 0.1) is 12.7 Å². The molecule has 3 aliphatic rings. The summed E-state index contributed by atoms with van der Waals surface area (Å²) in [5.41, 5.74) is 3.33. The van der Waals surface area contributed by atoms with E-state index >= 15 is 0 Å². The number of benzene rings is 1. The van der Waals surface area contributed by atoms with E-state index in [1.165, 1.54) is 56.9 Å². The molecule has 2 saturated carbocycles. The summed E-state index contributed by atoms with van der Waals surface area (Å²) in [7, 11) is 0. The average molecular weight is 385 g/mol. The first-order valence-corrected chi connectivity index (χ1v) is 12.0. The van der Waals surface area contributed by atoms with Crippen molar-refractivity contribution in [2.45, 2.75) is 97.0 Å². The van der Waals surface area contributed by atoms with Crippen molar-refractivity contribution in [3.8, 4) is 5.75 Å². The lowest BCUT2D eigenvalue weighted by molar-refractivity contribution is -0.0505. The molecule has 2 fully saturated rings. The van der Waals surface area contributed by atoms with E-state index in [0.717, 1.165) is 37.0 Å². The Morgan fingerprint density at radius 1 is 1.14 bits per heavy atom. The molecule has 0 aromatic heterocycles. The number of hydrogen-bond acceptors (Lipinski definition) is 2. The van der Waals surface area contributed by atoms with E-state index < -0.39 is 0 Å². The van der Waals surface area contributed by atoms with Gasteiger partial charge in [0.2, 0.25) is 0 Å². The van der Waals surface area contributed by atoms with Gasteiger partial charge < -0.3 is 9.84 Å². The third-order valence-corrected chi connectivity index (χ3v) is 8.17. The van der Waals surface area contributed by atoms with Crippen LogP contribution in [0, 0.1) is 23.2 Å². The molecule has 0 heterocycles. The standard InChI is InChI=1S/C26H40O2/c1-4-5-6-15-28-20-8-10-21-19(16-20)7-9-23-22(21)13-14-26(17-18(2)3)24(23)11-12-25(26)27/h8,10,16,18,22-25,27H,4-7,9,11-15,17H2,1-3H3/t22-,23-,24+,25+,26-/m1/s1. The number of hydrogen-bond donors (Lipinski definition) is 1. The van der Waals surface area contributed by atoms with Crippen molar-refractivity contribution < 1.29 is 9.84 Å². The molecule has 156 valence electrons. The zero-order valence-corrected chi connectivity index (χ0v) is 18.3. The van der Waals surface area contributed by atoms with Crippen LogP contribution in [0.25, 0.3) is 0 Å². The molecule has 0 aliphatic heterocycles. The van der Waals surface area contributed by atoms with Gasteiger partial charge in [-0.3, -0.25) is 0 Å². The molecule has 0 unspecified atom stereocenters. The first kappa shape index (κ1) is 20.3. The number of aliphatic hydroxyl groups excluding tert-OH is 1. The summed E-state index contributed by atoms with van der Waals surface area (Å²) in [5, 5.41) is 10.9. The van der Waals surface area contributed by atoms with Gasteiger partial charge in [0.25, 0.3) is 0 Å². The highest BCUT2D eigenvalue weighted by Gasteiger charge is 2.56. The number of fused-ring (bicyclic) bond motifs is 5. The topological polar surface area (TPSA) is 29.5 Å². The summed E-state index contributed by atoms with van der Waals surface area (Å²) in [6.45, 7) is 7.75. The van der Waals surface area contributed by atoms with Crippen LogP contribution >= 0.6 is 0 Å². The van der Waals surface area contributed by atoms with E-state index in [4.69, 9.17) is 4.74 Å². The highest BCUT2D eigenvalue weighted by molar-refractivity contribution is 5.40. The summed E-state index contributed by atoms with van der Waals surface area (Å²) < 4.78 is 6.02. The molecule has 1 N–H and O–H groups in total. The quantitative estimate of drug-likeness (QED) is 0.544. The van der Waals surface area contributed by atoms with Crippen LogP contribution in [0.5, 0.6) is 5.75 Å². The number of rotatable bonds is 7. The molecule has 0 spiro atoms. The first-order valence-electron chi connectivity index (χ1n) is 12.0. The van der Waals surface area contributed by atoms with Crippen molar-refractivity contribution in [2.75, 3.05) is 6.61 Å². The Morgan fingerprint density at radius 2 is 2.00 bits per heavy atom. The largest absolute Gasteiger partial charge is 0.494 e. The normalized spacial score (nSPS) is 34.0. The molecule has 5 atom stereocenters. The lowest BCUT2D eigenvalue weighted by atomic mass is 9.53. The van der Waals surface area contributed by atoms with Gasteiger partial charge in [0.15, 0.2) is 0 Å². The summed E-state index contributed by atoms with van der Waals surface area (Å²) >= 11 is 0. The van der Waals surface area contributed by atoms with E-state index in [-0.39, 0.29) is 11.5 Å². The fraction of sp³-hybridized carbons (Fsp3) is 0.769. The van der Waals surface area contributed by atoms with Crippen LogP contribution < -0.4 is 4.74 Å². The molecule has 1 aromatic rings. The van der Waals surface area contributed by atoms with Crippen molar-refractivity contribution in [3.63, 3.8) is 0 Å². The van der Waals surface area contributed by atoms with Gasteiger partial charge in [-0.25, -0.2) is 0 Å². The van der Waals surface area contributed by atoms with Crippen molar-refractivity contribution >= 4 is 0 Å². The van der Waals surface area contributed by atoms with Crippen LogP contribution in [0.2, 0.25) is 0 Å². The summed E-state index contributed by atoms with van der Waals surface area (Å²) in [6.07, 6.45) is 12.0. The Labute approximate surface area is 172 Å². The maximum absolute atomic E-state index is 10.9. The average Bonchev–Trinajstić information content (AvgIpc) is 3.00. The molecule has 2 heteroatoms. The molecule has 1 aromatic carbocycles. The summed E-state index contributed by atoms with van der Waals surface area (Å²) in [4.78, 5) is 0. The molecular formula is C26H40O2. The SMILES string of the molecule is CCCCCOc1ccc2c(c1)CC[C@@H]1[C@@H]2CC[C@]2(CC(C)C)[C@@H](O)CC[C@@H]12. The lowest BCUT2D eigenvalue weighted by Crippen LogP contribution is -2.46. The van der Waals surface area contributed by atoms with Crippen LogP contribution in [0.4, 0.5) is 0 Å². The van der Waals surface area contributed by atoms with Gasteiger partial charge in [-0.15, -0.1) is 0 Å². The van der Waals surface area contributed by atoms with Crippen molar-refractivity contribution in [1.82, 2.24) is 0 Å². The number of ether oxygens (including phenoxy) is 1. The minimum absolute atomic E-state index is 0.0684. The lowest BCUT2D eigenvalue weighted by Gasteiger charge is -2.52. The molecule has 0 radical (unpaired) electrons. The molecule has 0 amide bonds. The summed E-state index contributed by atoms with van der Waals surface area (Å²) in [6, 6.07) is 6.92. The minimum atomic E-state index is -0.0684. The van der Waals surface area contributed by atoms with E-state index in [1.807, 2.05) is 0 Å². The predicted octanol–water partition coefficient (Wildman–Crippen LogP) is 6.50. The number of aliphatic hydroxyl groups is 1. The zero-order valence-electron chi connectivity index (χ0n) is 18.3. The Morgan fingerprint density at radius 3 is 2.79 bits per heavy atom. The predicted molar refractivity (Wildman–Crippen MR) is 116 cm³/mol. The Balaban J connectivity index is 1.51. The first-order chi connectivity index (χ1) is 13.5. The van der Waals surface area contributed by atoms with Crippen molar-refractivity contribution in [3.05, 3.63) is 29.3 Å².